The lowest BCUT2D eigenvalue weighted by Crippen LogP contribution is -2.26. The van der Waals surface area contributed by atoms with Crippen molar-refractivity contribution in [2.75, 3.05) is 24.5 Å². The average molecular weight is 308 g/mol. The molecule has 0 spiro atoms. The van der Waals surface area contributed by atoms with Gasteiger partial charge in [0.05, 0.1) is 11.7 Å². The molecular weight excluding hydrogens is 278 g/mol. The van der Waals surface area contributed by atoms with Gasteiger partial charge < -0.3 is 10.2 Å². The lowest BCUT2D eigenvalue weighted by atomic mass is 9.80. The molecule has 118 valence electrons. The van der Waals surface area contributed by atoms with E-state index < -0.39 is 0 Å². The van der Waals surface area contributed by atoms with Crippen molar-refractivity contribution in [2.24, 2.45) is 11.3 Å². The molecule has 2 heterocycles. The summed E-state index contributed by atoms with van der Waals surface area (Å²) in [5, 5.41) is 4.88. The van der Waals surface area contributed by atoms with Gasteiger partial charge >= 0.3 is 0 Å². The van der Waals surface area contributed by atoms with Gasteiger partial charge in [0.25, 0.3) is 0 Å². The van der Waals surface area contributed by atoms with Gasteiger partial charge in [-0.15, -0.1) is 11.3 Å². The second kappa shape index (κ2) is 5.88. The van der Waals surface area contributed by atoms with Gasteiger partial charge in [-0.2, -0.15) is 0 Å². The highest BCUT2D eigenvalue weighted by Crippen LogP contribution is 2.40. The first-order valence-electron chi connectivity index (χ1n) is 8.47. The van der Waals surface area contributed by atoms with Crippen LogP contribution in [0.1, 0.15) is 63.6 Å². The Labute approximate surface area is 133 Å². The zero-order valence-electron chi connectivity index (χ0n) is 13.9. The number of hydrogen-bond donors (Lipinski definition) is 1. The molecule has 1 aliphatic carbocycles. The van der Waals surface area contributed by atoms with Crippen molar-refractivity contribution >= 4 is 16.5 Å². The first-order chi connectivity index (χ1) is 9.99. The Balaban J connectivity index is 1.76. The first kappa shape index (κ1) is 15.3. The Morgan fingerprint density at radius 3 is 2.81 bits per heavy atom. The summed E-state index contributed by atoms with van der Waals surface area (Å²) in [4.78, 5) is 9.09. The highest BCUT2D eigenvalue weighted by atomic mass is 32.1. The van der Waals surface area contributed by atoms with Crippen LogP contribution in [-0.4, -0.2) is 24.6 Å². The van der Waals surface area contributed by atoms with Gasteiger partial charge in [-0.3, -0.25) is 0 Å². The van der Waals surface area contributed by atoms with Crippen LogP contribution in [0.4, 0.5) is 5.13 Å². The van der Waals surface area contributed by atoms with Crippen LogP contribution in [0.2, 0.25) is 0 Å². The Hall–Kier alpha value is -0.610. The number of nitrogens with zero attached hydrogens (tertiary/aromatic N) is 2. The quantitative estimate of drug-likeness (QED) is 0.915. The summed E-state index contributed by atoms with van der Waals surface area (Å²) < 4.78 is 0. The van der Waals surface area contributed by atoms with Crippen LogP contribution in [-0.2, 0) is 6.42 Å². The van der Waals surface area contributed by atoms with Gasteiger partial charge in [0.15, 0.2) is 5.13 Å². The standard InChI is InChI=1S/C17H29N3S/c1-5-18-13-7-6-8-14-15(13)19-16(21-14)20-10-9-12(11-20)17(2,3)4/h12-13,18H,5-11H2,1-4H3. The van der Waals surface area contributed by atoms with Crippen LogP contribution in [0.25, 0.3) is 0 Å². The van der Waals surface area contributed by atoms with Crippen molar-refractivity contribution in [2.45, 2.75) is 59.4 Å². The number of anilines is 1. The molecule has 1 aromatic rings. The number of thiazole rings is 1. The number of aryl methyl sites for hydroxylation is 1. The highest BCUT2D eigenvalue weighted by Gasteiger charge is 2.34. The van der Waals surface area contributed by atoms with Gasteiger partial charge in [0, 0.05) is 18.0 Å². The number of aromatic nitrogens is 1. The highest BCUT2D eigenvalue weighted by molar-refractivity contribution is 7.15. The average Bonchev–Trinajstić information content (AvgIpc) is 3.05. The third-order valence-corrected chi connectivity index (χ3v) is 6.27. The van der Waals surface area contributed by atoms with E-state index in [9.17, 15) is 0 Å². The maximum Gasteiger partial charge on any atom is 0.185 e. The molecule has 0 radical (unpaired) electrons. The molecule has 0 bridgehead atoms. The molecule has 1 saturated heterocycles. The summed E-state index contributed by atoms with van der Waals surface area (Å²) in [5.41, 5.74) is 1.76. The zero-order valence-corrected chi connectivity index (χ0v) is 14.7. The summed E-state index contributed by atoms with van der Waals surface area (Å²) in [6.45, 7) is 12.7. The minimum Gasteiger partial charge on any atom is -0.348 e. The molecule has 1 fully saturated rings. The number of hydrogen-bond acceptors (Lipinski definition) is 4. The van der Waals surface area contributed by atoms with Gasteiger partial charge in [-0.25, -0.2) is 4.98 Å². The van der Waals surface area contributed by atoms with Crippen LogP contribution in [0.5, 0.6) is 0 Å². The summed E-state index contributed by atoms with van der Waals surface area (Å²) in [7, 11) is 0. The molecule has 2 atom stereocenters. The van der Waals surface area contributed by atoms with E-state index in [4.69, 9.17) is 4.98 Å². The lowest BCUT2D eigenvalue weighted by Gasteiger charge is -2.26. The van der Waals surface area contributed by atoms with Gasteiger partial charge in [0.2, 0.25) is 0 Å². The molecule has 1 N–H and O–H groups in total. The molecule has 21 heavy (non-hydrogen) atoms. The number of fused-ring (bicyclic) bond motifs is 1. The Morgan fingerprint density at radius 2 is 2.14 bits per heavy atom. The van der Waals surface area contributed by atoms with Gasteiger partial charge in [0.1, 0.15) is 0 Å². The Morgan fingerprint density at radius 1 is 1.33 bits per heavy atom. The fraction of sp³-hybridized carbons (Fsp3) is 0.824. The summed E-state index contributed by atoms with van der Waals surface area (Å²) in [6, 6.07) is 0.491. The van der Waals surface area contributed by atoms with Gasteiger partial charge in [-0.05, 0) is 43.6 Å². The molecule has 4 heteroatoms. The minimum atomic E-state index is 0.415. The Bertz CT molecular complexity index is 489. The van der Waals surface area contributed by atoms with E-state index in [0.717, 1.165) is 12.5 Å². The molecule has 0 aromatic carbocycles. The topological polar surface area (TPSA) is 28.2 Å². The second-order valence-corrected chi connectivity index (χ2v) is 8.67. The number of nitrogens with one attached hydrogen (secondary N) is 1. The van der Waals surface area contributed by atoms with E-state index in [1.165, 1.54) is 54.5 Å². The largest absolute Gasteiger partial charge is 0.348 e. The fourth-order valence-electron chi connectivity index (χ4n) is 3.63. The third kappa shape index (κ3) is 3.11. The fourth-order valence-corrected chi connectivity index (χ4v) is 4.82. The maximum atomic E-state index is 5.03. The molecule has 2 aliphatic rings. The van der Waals surface area contributed by atoms with Crippen molar-refractivity contribution in [1.29, 1.82) is 0 Å². The van der Waals surface area contributed by atoms with Crippen molar-refractivity contribution in [3.8, 4) is 0 Å². The third-order valence-electron chi connectivity index (χ3n) is 5.08. The Kier molecular flexibility index (Phi) is 4.28. The summed E-state index contributed by atoms with van der Waals surface area (Å²) >= 11 is 1.95. The molecule has 1 aliphatic heterocycles. The van der Waals surface area contributed by atoms with E-state index in [0.29, 0.717) is 11.5 Å². The molecule has 0 saturated carbocycles. The maximum absolute atomic E-state index is 5.03. The van der Waals surface area contributed by atoms with E-state index in [1.54, 1.807) is 0 Å². The predicted molar refractivity (Wildman–Crippen MR) is 91.2 cm³/mol. The van der Waals surface area contributed by atoms with Crippen molar-refractivity contribution in [3.05, 3.63) is 10.6 Å². The minimum absolute atomic E-state index is 0.415. The van der Waals surface area contributed by atoms with E-state index in [-0.39, 0.29) is 0 Å². The van der Waals surface area contributed by atoms with Crippen LogP contribution in [0.3, 0.4) is 0 Å². The van der Waals surface area contributed by atoms with Crippen LogP contribution < -0.4 is 10.2 Å². The zero-order chi connectivity index (χ0) is 15.0. The normalized spacial score (nSPS) is 26.2. The second-order valence-electron chi connectivity index (χ2n) is 7.60. The molecule has 2 unspecified atom stereocenters. The van der Waals surface area contributed by atoms with E-state index in [1.807, 2.05) is 11.3 Å². The lowest BCUT2D eigenvalue weighted by molar-refractivity contribution is 0.263. The summed E-state index contributed by atoms with van der Waals surface area (Å²) in [5.74, 6) is 0.794. The number of rotatable bonds is 3. The first-order valence-corrected chi connectivity index (χ1v) is 9.28. The molecule has 1 aromatic heterocycles. The van der Waals surface area contributed by atoms with E-state index >= 15 is 0 Å². The van der Waals surface area contributed by atoms with Crippen molar-refractivity contribution in [1.82, 2.24) is 10.3 Å². The smallest absolute Gasteiger partial charge is 0.185 e. The van der Waals surface area contributed by atoms with Gasteiger partial charge in [-0.1, -0.05) is 27.7 Å². The van der Waals surface area contributed by atoms with Crippen molar-refractivity contribution < 1.29 is 0 Å². The van der Waals surface area contributed by atoms with Crippen LogP contribution >= 0.6 is 11.3 Å². The monoisotopic (exact) mass is 307 g/mol. The predicted octanol–water partition coefficient (Wildman–Crippen LogP) is 4.00. The van der Waals surface area contributed by atoms with E-state index in [2.05, 4.69) is 37.9 Å². The molecular formula is C17H29N3S. The van der Waals surface area contributed by atoms with Crippen molar-refractivity contribution in [3.63, 3.8) is 0 Å². The molecule has 3 nitrogen and oxygen atoms in total. The SMILES string of the molecule is CCNC1CCCc2sc(N3CCC(C(C)(C)C)C3)nc21. The molecule has 0 amide bonds. The molecule has 3 rings (SSSR count). The van der Waals surface area contributed by atoms with Crippen LogP contribution in [0.15, 0.2) is 0 Å². The van der Waals surface area contributed by atoms with Crippen LogP contribution in [0, 0.1) is 11.3 Å². The summed E-state index contributed by atoms with van der Waals surface area (Å²) in [6.07, 6.45) is 5.08.